The summed E-state index contributed by atoms with van der Waals surface area (Å²) in [5.41, 5.74) is 4.86. The lowest BCUT2D eigenvalue weighted by molar-refractivity contribution is -0.174. The van der Waals surface area contributed by atoms with Gasteiger partial charge < -0.3 is 4.74 Å². The highest BCUT2D eigenvalue weighted by Crippen LogP contribution is 2.34. The molecule has 3 aromatic rings. The van der Waals surface area contributed by atoms with Crippen LogP contribution in [0.1, 0.15) is 24.6 Å². The average Bonchev–Trinajstić information content (AvgIpc) is 3.12. The largest absolute Gasteiger partial charge is 0.497 e. The van der Waals surface area contributed by atoms with Crippen molar-refractivity contribution in [2.24, 2.45) is 0 Å². The van der Waals surface area contributed by atoms with Crippen molar-refractivity contribution in [3.63, 3.8) is 0 Å². The molecule has 1 amide bonds. The second kappa shape index (κ2) is 7.89. The first-order valence-electron chi connectivity index (χ1n) is 9.47. The molecule has 29 heavy (non-hydrogen) atoms. The van der Waals surface area contributed by atoms with Crippen molar-refractivity contribution in [2.45, 2.75) is 32.2 Å². The molecule has 150 valence electrons. The first kappa shape index (κ1) is 19.5. The van der Waals surface area contributed by atoms with Crippen LogP contribution in [0, 0.1) is 0 Å². The van der Waals surface area contributed by atoms with Gasteiger partial charge in [0.15, 0.2) is 0 Å². The Morgan fingerprint density at radius 3 is 2.52 bits per heavy atom. The van der Waals surface area contributed by atoms with Gasteiger partial charge in [-0.2, -0.15) is 5.10 Å². The van der Waals surface area contributed by atoms with Crippen LogP contribution in [0.15, 0.2) is 48.5 Å². The molecule has 0 saturated carbocycles. The number of carbonyl (C=O) groups is 1. The lowest BCUT2D eigenvalue weighted by atomic mass is 9.89. The van der Waals surface area contributed by atoms with Gasteiger partial charge in [0.25, 0.3) is 0 Å². The van der Waals surface area contributed by atoms with Crippen molar-refractivity contribution < 1.29 is 14.7 Å². The first-order chi connectivity index (χ1) is 14.0. The molecule has 0 spiro atoms. The minimum atomic E-state index is -0.353. The number of ether oxygens (including phenoxy) is 1. The van der Waals surface area contributed by atoms with Gasteiger partial charge in [0, 0.05) is 28.8 Å². The third kappa shape index (κ3) is 3.73. The molecule has 2 aromatic carbocycles. The molecule has 1 aliphatic carbocycles. The van der Waals surface area contributed by atoms with E-state index in [-0.39, 0.29) is 11.9 Å². The van der Waals surface area contributed by atoms with E-state index in [1.165, 1.54) is 6.92 Å². The summed E-state index contributed by atoms with van der Waals surface area (Å²) >= 11 is 6.06. The number of benzene rings is 2. The molecule has 4 rings (SSSR count). The lowest BCUT2D eigenvalue weighted by Gasteiger charge is -2.29. The molecule has 6 nitrogen and oxygen atoms in total. The van der Waals surface area contributed by atoms with E-state index in [0.717, 1.165) is 39.0 Å². The number of carbonyl (C=O) groups excluding carboxylic acids is 1. The van der Waals surface area contributed by atoms with Gasteiger partial charge in [-0.1, -0.05) is 23.7 Å². The molecule has 1 N–H and O–H groups in total. The van der Waals surface area contributed by atoms with Crippen LogP contribution in [0.2, 0.25) is 5.02 Å². The van der Waals surface area contributed by atoms with Gasteiger partial charge in [-0.25, -0.2) is 9.75 Å². The highest BCUT2D eigenvalue weighted by Gasteiger charge is 2.31. The Morgan fingerprint density at radius 1 is 1.21 bits per heavy atom. The van der Waals surface area contributed by atoms with Gasteiger partial charge in [0.05, 0.1) is 24.5 Å². The second-order valence-electron chi connectivity index (χ2n) is 7.15. The third-order valence-electron chi connectivity index (χ3n) is 5.35. The fraction of sp³-hybridized carbons (Fsp3) is 0.273. The summed E-state index contributed by atoms with van der Waals surface area (Å²) in [6.45, 7) is 1.37. The number of hydrogen-bond donors (Lipinski definition) is 1. The number of hydroxylamine groups is 2. The normalized spacial score (nSPS) is 15.7. The van der Waals surface area contributed by atoms with Crippen molar-refractivity contribution in [1.82, 2.24) is 14.8 Å². The van der Waals surface area contributed by atoms with Crippen LogP contribution in [-0.4, -0.2) is 39.1 Å². The molecule has 0 unspecified atom stereocenters. The second-order valence-corrected chi connectivity index (χ2v) is 7.59. The third-order valence-corrected chi connectivity index (χ3v) is 5.60. The van der Waals surface area contributed by atoms with E-state index in [2.05, 4.69) is 0 Å². The Hall–Kier alpha value is -2.83. The smallest absolute Gasteiger partial charge is 0.243 e. The molecule has 1 heterocycles. The van der Waals surface area contributed by atoms with E-state index >= 15 is 0 Å². The SMILES string of the molecule is COc1ccc(-n2nc(-c3ccc(Cl)cc3)c3c2CC[C@H](N(O)C(C)=O)C3)cc1. The first-order valence-corrected chi connectivity index (χ1v) is 9.85. The Labute approximate surface area is 174 Å². The van der Waals surface area contributed by atoms with Crippen molar-refractivity contribution in [2.75, 3.05) is 7.11 Å². The number of hydrogen-bond acceptors (Lipinski definition) is 4. The van der Waals surface area contributed by atoms with Gasteiger partial charge in [0.1, 0.15) is 5.75 Å². The van der Waals surface area contributed by atoms with Crippen LogP contribution in [0.5, 0.6) is 5.75 Å². The molecule has 1 atom stereocenters. The maximum atomic E-state index is 11.7. The molecule has 0 radical (unpaired) electrons. The standard InChI is InChI=1S/C22H22ClN3O3/c1-14(27)26(28)18-9-12-21-20(13-18)22(15-3-5-16(23)6-4-15)24-25(21)17-7-10-19(29-2)11-8-17/h3-8,10-11,18,28H,9,12-13H2,1-2H3/t18-/m0/s1. The van der Waals surface area contributed by atoms with Crippen LogP contribution < -0.4 is 4.74 Å². The summed E-state index contributed by atoms with van der Waals surface area (Å²) < 4.78 is 7.21. The van der Waals surface area contributed by atoms with Gasteiger partial charge >= 0.3 is 0 Å². The van der Waals surface area contributed by atoms with Crippen molar-refractivity contribution in [3.8, 4) is 22.7 Å². The van der Waals surface area contributed by atoms with Gasteiger partial charge in [-0.15, -0.1) is 0 Å². The van der Waals surface area contributed by atoms with Crippen LogP contribution in [-0.2, 0) is 17.6 Å². The van der Waals surface area contributed by atoms with E-state index in [4.69, 9.17) is 21.4 Å². The predicted molar refractivity (Wildman–Crippen MR) is 111 cm³/mol. The summed E-state index contributed by atoms with van der Waals surface area (Å²) in [7, 11) is 1.64. The Bertz CT molecular complexity index is 1030. The zero-order valence-corrected chi connectivity index (χ0v) is 17.1. The number of halogens is 1. The van der Waals surface area contributed by atoms with E-state index in [0.29, 0.717) is 24.3 Å². The molecular formula is C22H22ClN3O3. The van der Waals surface area contributed by atoms with Crippen LogP contribution in [0.4, 0.5) is 0 Å². The fourth-order valence-electron chi connectivity index (χ4n) is 3.84. The highest BCUT2D eigenvalue weighted by atomic mass is 35.5. The number of nitrogens with zero attached hydrogens (tertiary/aromatic N) is 3. The number of rotatable bonds is 4. The Kier molecular flexibility index (Phi) is 5.30. The summed E-state index contributed by atoms with van der Waals surface area (Å²) in [6.07, 6.45) is 1.92. The molecule has 1 aliphatic rings. The summed E-state index contributed by atoms with van der Waals surface area (Å²) in [6, 6.07) is 15.0. The summed E-state index contributed by atoms with van der Waals surface area (Å²) in [5, 5.41) is 16.6. The van der Waals surface area contributed by atoms with E-state index < -0.39 is 0 Å². The summed E-state index contributed by atoms with van der Waals surface area (Å²) in [4.78, 5) is 11.7. The predicted octanol–water partition coefficient (Wildman–Crippen LogP) is 4.30. The quantitative estimate of drug-likeness (QED) is 0.513. The van der Waals surface area contributed by atoms with Crippen LogP contribution >= 0.6 is 11.6 Å². The molecular weight excluding hydrogens is 390 g/mol. The van der Waals surface area contributed by atoms with Crippen molar-refractivity contribution >= 4 is 17.5 Å². The van der Waals surface area contributed by atoms with E-state index in [1.54, 1.807) is 7.11 Å². The van der Waals surface area contributed by atoms with E-state index in [9.17, 15) is 10.0 Å². The molecule has 0 saturated heterocycles. The van der Waals surface area contributed by atoms with Crippen molar-refractivity contribution in [3.05, 3.63) is 64.8 Å². The molecule has 1 aromatic heterocycles. The molecule has 0 bridgehead atoms. The average molecular weight is 412 g/mol. The maximum Gasteiger partial charge on any atom is 0.243 e. The highest BCUT2D eigenvalue weighted by molar-refractivity contribution is 6.30. The van der Waals surface area contributed by atoms with Crippen LogP contribution in [0.3, 0.4) is 0 Å². The van der Waals surface area contributed by atoms with Gasteiger partial charge in [-0.3, -0.25) is 10.0 Å². The minimum Gasteiger partial charge on any atom is -0.497 e. The van der Waals surface area contributed by atoms with Gasteiger partial charge in [0.2, 0.25) is 5.91 Å². The zero-order valence-electron chi connectivity index (χ0n) is 16.3. The van der Waals surface area contributed by atoms with E-state index in [1.807, 2.05) is 53.2 Å². The number of methoxy groups -OCH3 is 1. The lowest BCUT2D eigenvalue weighted by Crippen LogP contribution is -2.40. The molecule has 0 aliphatic heterocycles. The number of amides is 1. The van der Waals surface area contributed by atoms with Gasteiger partial charge in [-0.05, 0) is 55.7 Å². The topological polar surface area (TPSA) is 67.6 Å². The monoisotopic (exact) mass is 411 g/mol. The summed E-state index contributed by atoms with van der Waals surface area (Å²) in [5.74, 6) is 0.430. The Balaban J connectivity index is 1.81. The Morgan fingerprint density at radius 2 is 1.90 bits per heavy atom. The fourth-order valence-corrected chi connectivity index (χ4v) is 3.97. The molecule has 7 heteroatoms. The minimum absolute atomic E-state index is 0.264. The number of aromatic nitrogens is 2. The van der Waals surface area contributed by atoms with Crippen LogP contribution in [0.25, 0.3) is 16.9 Å². The number of fused-ring (bicyclic) bond motifs is 1. The van der Waals surface area contributed by atoms with Crippen molar-refractivity contribution in [1.29, 1.82) is 0 Å². The zero-order chi connectivity index (χ0) is 20.5. The molecule has 0 fully saturated rings. The maximum absolute atomic E-state index is 11.7.